The van der Waals surface area contributed by atoms with Gasteiger partial charge in [0.05, 0.1) is 17.0 Å². The summed E-state index contributed by atoms with van der Waals surface area (Å²) in [5.41, 5.74) is -0.488. The third kappa shape index (κ3) is 3.39. The molecule has 2 rings (SSSR count). The summed E-state index contributed by atoms with van der Waals surface area (Å²) in [4.78, 5) is 4.09. The van der Waals surface area contributed by atoms with Crippen LogP contribution in [0.1, 0.15) is 13.3 Å². The molecule has 1 unspecified atom stereocenters. The zero-order valence-corrected chi connectivity index (χ0v) is 11.6. The van der Waals surface area contributed by atoms with E-state index in [9.17, 15) is 8.42 Å². The van der Waals surface area contributed by atoms with Crippen molar-refractivity contribution in [2.24, 2.45) is 0 Å². The molecule has 98 valence electrons. The quantitative estimate of drug-likeness (QED) is 0.788. The summed E-state index contributed by atoms with van der Waals surface area (Å²) in [6.45, 7) is 1.87. The van der Waals surface area contributed by atoms with Crippen molar-refractivity contribution < 1.29 is 8.42 Å². The highest BCUT2D eigenvalue weighted by molar-refractivity contribution is 7.91. The van der Waals surface area contributed by atoms with Crippen molar-refractivity contribution in [1.29, 1.82) is 0 Å². The van der Waals surface area contributed by atoms with Crippen LogP contribution in [0, 0.1) is 0 Å². The predicted molar refractivity (Wildman–Crippen MR) is 75.3 cm³/mol. The maximum absolute atomic E-state index is 11.5. The van der Waals surface area contributed by atoms with Gasteiger partial charge in [-0.3, -0.25) is 0 Å². The van der Waals surface area contributed by atoms with Gasteiger partial charge < -0.3 is 10.6 Å². The summed E-state index contributed by atoms with van der Waals surface area (Å²) in [6.07, 6.45) is 2.23. The first-order chi connectivity index (χ1) is 8.39. The van der Waals surface area contributed by atoms with E-state index in [1.807, 2.05) is 19.1 Å². The van der Waals surface area contributed by atoms with Gasteiger partial charge in [-0.2, -0.15) is 0 Å². The lowest BCUT2D eigenvalue weighted by Crippen LogP contribution is -2.48. The fourth-order valence-electron chi connectivity index (χ4n) is 1.97. The standard InChI is InChI=1S/C11H15N3O2S2/c1-11(5-7-18(15,16)8-11)14-10(17)13-9-4-2-3-6-12-9/h2-4,6H,5,7-8H2,1H3,(H2,12,13,14,17). The van der Waals surface area contributed by atoms with Gasteiger partial charge in [-0.15, -0.1) is 0 Å². The van der Waals surface area contributed by atoms with E-state index in [1.54, 1.807) is 12.3 Å². The van der Waals surface area contributed by atoms with Crippen LogP contribution >= 0.6 is 12.2 Å². The highest BCUT2D eigenvalue weighted by Crippen LogP contribution is 2.22. The van der Waals surface area contributed by atoms with Crippen molar-refractivity contribution in [3.05, 3.63) is 24.4 Å². The molecule has 7 heteroatoms. The molecule has 2 heterocycles. The van der Waals surface area contributed by atoms with Gasteiger partial charge in [0, 0.05) is 6.20 Å². The van der Waals surface area contributed by atoms with Crippen LogP contribution in [-0.2, 0) is 9.84 Å². The molecule has 0 radical (unpaired) electrons. The van der Waals surface area contributed by atoms with Gasteiger partial charge in [-0.1, -0.05) is 6.07 Å². The van der Waals surface area contributed by atoms with Crippen LogP contribution in [0.2, 0.25) is 0 Å². The minimum Gasteiger partial charge on any atom is -0.356 e. The highest BCUT2D eigenvalue weighted by atomic mass is 32.2. The third-order valence-corrected chi connectivity index (χ3v) is 4.93. The van der Waals surface area contributed by atoms with Crippen molar-refractivity contribution >= 4 is 33.0 Å². The second-order valence-electron chi connectivity index (χ2n) is 4.70. The summed E-state index contributed by atoms with van der Waals surface area (Å²) in [5, 5.41) is 6.39. The topological polar surface area (TPSA) is 71.1 Å². The number of nitrogens with zero attached hydrogens (tertiary/aromatic N) is 1. The van der Waals surface area contributed by atoms with E-state index in [2.05, 4.69) is 15.6 Å². The van der Waals surface area contributed by atoms with Gasteiger partial charge in [0.2, 0.25) is 0 Å². The van der Waals surface area contributed by atoms with Crippen LogP contribution in [0.15, 0.2) is 24.4 Å². The molecule has 0 amide bonds. The molecule has 1 aliphatic rings. The first-order valence-corrected chi connectivity index (χ1v) is 7.82. The maximum Gasteiger partial charge on any atom is 0.172 e. The van der Waals surface area contributed by atoms with Gasteiger partial charge in [0.25, 0.3) is 0 Å². The number of thiocarbonyl (C=S) groups is 1. The molecule has 0 aromatic carbocycles. The SMILES string of the molecule is CC1(NC(=S)Nc2ccccn2)CCS(=O)(=O)C1. The zero-order chi connectivity index (χ0) is 13.2. The average molecular weight is 285 g/mol. The van der Waals surface area contributed by atoms with Crippen molar-refractivity contribution in [1.82, 2.24) is 10.3 Å². The number of pyridine rings is 1. The summed E-state index contributed by atoms with van der Waals surface area (Å²) < 4.78 is 22.9. The highest BCUT2D eigenvalue weighted by Gasteiger charge is 2.38. The molecule has 0 spiro atoms. The summed E-state index contributed by atoms with van der Waals surface area (Å²) in [7, 11) is -2.94. The fraction of sp³-hybridized carbons (Fsp3) is 0.455. The molecule has 0 bridgehead atoms. The summed E-state index contributed by atoms with van der Waals surface area (Å²) in [6, 6.07) is 5.45. The van der Waals surface area contributed by atoms with Gasteiger partial charge in [0.1, 0.15) is 5.82 Å². The van der Waals surface area contributed by atoms with Crippen molar-refractivity contribution in [3.63, 3.8) is 0 Å². The third-order valence-electron chi connectivity index (χ3n) is 2.83. The molecule has 1 aromatic heterocycles. The van der Waals surface area contributed by atoms with E-state index < -0.39 is 15.4 Å². The van der Waals surface area contributed by atoms with Crippen molar-refractivity contribution in [2.75, 3.05) is 16.8 Å². The van der Waals surface area contributed by atoms with Crippen LogP contribution in [0.5, 0.6) is 0 Å². The van der Waals surface area contributed by atoms with E-state index in [0.29, 0.717) is 17.4 Å². The smallest absolute Gasteiger partial charge is 0.172 e. The monoisotopic (exact) mass is 285 g/mol. The molecule has 18 heavy (non-hydrogen) atoms. The van der Waals surface area contributed by atoms with Gasteiger partial charge in [-0.25, -0.2) is 13.4 Å². The van der Waals surface area contributed by atoms with Crippen LogP contribution in [-0.4, -0.2) is 35.6 Å². The van der Waals surface area contributed by atoms with Gasteiger partial charge in [0.15, 0.2) is 14.9 Å². The van der Waals surface area contributed by atoms with E-state index in [1.165, 1.54) is 0 Å². The minimum atomic E-state index is -2.94. The molecule has 1 saturated heterocycles. The number of sulfone groups is 1. The molecule has 1 atom stereocenters. The first kappa shape index (κ1) is 13.2. The molecule has 1 aromatic rings. The molecular weight excluding hydrogens is 270 g/mol. The Morgan fingerprint density at radius 1 is 1.50 bits per heavy atom. The molecule has 1 aliphatic heterocycles. The van der Waals surface area contributed by atoms with Gasteiger partial charge >= 0.3 is 0 Å². The normalized spacial score (nSPS) is 25.6. The largest absolute Gasteiger partial charge is 0.356 e. The Morgan fingerprint density at radius 2 is 2.28 bits per heavy atom. The van der Waals surface area contributed by atoms with E-state index >= 15 is 0 Å². The second-order valence-corrected chi connectivity index (χ2v) is 7.29. The molecule has 2 N–H and O–H groups in total. The Bertz CT molecular complexity index is 545. The van der Waals surface area contributed by atoms with E-state index in [0.717, 1.165) is 0 Å². The van der Waals surface area contributed by atoms with Crippen LogP contribution in [0.25, 0.3) is 0 Å². The lowest BCUT2D eigenvalue weighted by atomic mass is 10.0. The molecular formula is C11H15N3O2S2. The molecule has 0 saturated carbocycles. The molecule has 1 fully saturated rings. The number of hydrogen-bond acceptors (Lipinski definition) is 4. The number of anilines is 1. The number of hydrogen-bond donors (Lipinski definition) is 2. The van der Waals surface area contributed by atoms with E-state index in [4.69, 9.17) is 12.2 Å². The molecule has 0 aliphatic carbocycles. The maximum atomic E-state index is 11.5. The first-order valence-electron chi connectivity index (χ1n) is 5.59. The fourth-order valence-corrected chi connectivity index (χ4v) is 4.41. The molecule has 5 nitrogen and oxygen atoms in total. The Morgan fingerprint density at radius 3 is 2.83 bits per heavy atom. The average Bonchev–Trinajstić information content (AvgIpc) is 2.53. The van der Waals surface area contributed by atoms with Crippen LogP contribution in [0.3, 0.4) is 0 Å². The lowest BCUT2D eigenvalue weighted by molar-refractivity contribution is 0.474. The number of rotatable bonds is 2. The van der Waals surface area contributed by atoms with Crippen molar-refractivity contribution in [3.8, 4) is 0 Å². The van der Waals surface area contributed by atoms with Crippen LogP contribution < -0.4 is 10.6 Å². The zero-order valence-electron chi connectivity index (χ0n) is 10.0. The summed E-state index contributed by atoms with van der Waals surface area (Å²) in [5.74, 6) is 0.965. The van der Waals surface area contributed by atoms with Crippen LogP contribution in [0.4, 0.5) is 5.82 Å². The minimum absolute atomic E-state index is 0.115. The Hall–Kier alpha value is -1.21. The van der Waals surface area contributed by atoms with E-state index in [-0.39, 0.29) is 11.5 Å². The Kier molecular flexibility index (Phi) is 3.54. The second kappa shape index (κ2) is 4.81. The number of aromatic nitrogens is 1. The Labute approximate surface area is 112 Å². The van der Waals surface area contributed by atoms with Crippen molar-refractivity contribution in [2.45, 2.75) is 18.9 Å². The van der Waals surface area contributed by atoms with Gasteiger partial charge in [-0.05, 0) is 37.7 Å². The number of nitrogens with one attached hydrogen (secondary N) is 2. The predicted octanol–water partition coefficient (Wildman–Crippen LogP) is 0.945. The summed E-state index contributed by atoms with van der Waals surface area (Å²) >= 11 is 5.16. The Balaban J connectivity index is 1.96. The lowest BCUT2D eigenvalue weighted by Gasteiger charge is -2.25.